The molecule has 0 saturated carbocycles. The Morgan fingerprint density at radius 3 is 2.30 bits per heavy atom. The molecular weight excluding hydrogens is 252 g/mol. The molecule has 0 N–H and O–H groups in total. The molecule has 106 valence electrons. The number of carbonyl (C=O) groups is 1. The number of ether oxygens (including phenoxy) is 2. The lowest BCUT2D eigenvalue weighted by molar-refractivity contribution is -0.137. The van der Waals surface area contributed by atoms with Gasteiger partial charge in [0.25, 0.3) is 0 Å². The van der Waals surface area contributed by atoms with Crippen molar-refractivity contribution in [1.82, 2.24) is 0 Å². The van der Waals surface area contributed by atoms with Crippen LogP contribution in [-0.2, 0) is 14.3 Å². The fourth-order valence-electron chi connectivity index (χ4n) is 1.82. The fraction of sp³-hybridized carbons (Fsp3) is 0.353. The Bertz CT molecular complexity index is 506. The topological polar surface area (TPSA) is 35.5 Å². The summed E-state index contributed by atoms with van der Waals surface area (Å²) in [5, 5.41) is 0. The van der Waals surface area contributed by atoms with E-state index in [0.29, 0.717) is 5.92 Å². The molecule has 0 fully saturated rings. The van der Waals surface area contributed by atoms with Crippen molar-refractivity contribution in [3.63, 3.8) is 0 Å². The van der Waals surface area contributed by atoms with Gasteiger partial charge < -0.3 is 9.47 Å². The highest BCUT2D eigenvalue weighted by atomic mass is 16.5. The molecule has 0 saturated heterocycles. The molecule has 1 atom stereocenters. The first-order valence-electron chi connectivity index (χ1n) is 6.43. The molecule has 3 heteroatoms. The highest BCUT2D eigenvalue weighted by molar-refractivity contribution is 5.89. The van der Waals surface area contributed by atoms with E-state index in [4.69, 9.17) is 11.2 Å². The highest BCUT2D eigenvalue weighted by Gasteiger charge is 2.22. The maximum atomic E-state index is 11.6. The molecule has 3 nitrogen and oxygen atoms in total. The number of carbonyl (C=O) groups excluding carboxylic acids is 1. The molecule has 1 aromatic rings. The molecule has 0 aliphatic heterocycles. The molecule has 0 heterocycles. The highest BCUT2D eigenvalue weighted by Crippen LogP contribution is 2.27. The predicted octanol–water partition coefficient (Wildman–Crippen LogP) is 3.23. The van der Waals surface area contributed by atoms with Crippen molar-refractivity contribution in [2.24, 2.45) is 0 Å². The van der Waals surface area contributed by atoms with Gasteiger partial charge in [0.2, 0.25) is 0 Å². The van der Waals surface area contributed by atoms with Crippen LogP contribution in [0.3, 0.4) is 0 Å². The van der Waals surface area contributed by atoms with Crippen LogP contribution in [0.1, 0.15) is 37.0 Å². The van der Waals surface area contributed by atoms with E-state index in [9.17, 15) is 4.79 Å². The summed E-state index contributed by atoms with van der Waals surface area (Å²) in [5.41, 5.74) is 2.29. The zero-order valence-corrected chi connectivity index (χ0v) is 12.2. The van der Waals surface area contributed by atoms with Crippen molar-refractivity contribution < 1.29 is 14.3 Å². The van der Waals surface area contributed by atoms with Crippen LogP contribution in [0.2, 0.25) is 0 Å². The monoisotopic (exact) mass is 272 g/mol. The first-order chi connectivity index (χ1) is 9.51. The van der Waals surface area contributed by atoms with Crippen LogP contribution >= 0.6 is 0 Å². The summed E-state index contributed by atoms with van der Waals surface area (Å²) in [6.07, 6.45) is 4.62. The Balaban J connectivity index is 3.01. The Morgan fingerprint density at radius 1 is 1.30 bits per heavy atom. The lowest BCUT2D eigenvalue weighted by Crippen LogP contribution is -2.15. The lowest BCUT2D eigenvalue weighted by atomic mass is 9.97. The second-order valence-electron chi connectivity index (χ2n) is 4.73. The Morgan fingerprint density at radius 2 is 1.85 bits per heavy atom. The number of methoxy groups -OCH3 is 1. The van der Waals surface area contributed by atoms with Crippen molar-refractivity contribution >= 4 is 5.97 Å². The van der Waals surface area contributed by atoms with Gasteiger partial charge >= 0.3 is 5.97 Å². The summed E-state index contributed by atoms with van der Waals surface area (Å²) in [6, 6.07) is 7.86. The molecule has 0 spiro atoms. The zero-order chi connectivity index (χ0) is 15.1. The molecule has 0 aliphatic rings. The third kappa shape index (κ3) is 3.97. The van der Waals surface area contributed by atoms with Gasteiger partial charge in [0.1, 0.15) is 12.7 Å². The first-order valence-corrected chi connectivity index (χ1v) is 6.43. The van der Waals surface area contributed by atoms with Crippen molar-refractivity contribution in [1.29, 1.82) is 0 Å². The number of benzene rings is 1. The van der Waals surface area contributed by atoms with Crippen LogP contribution in [0.15, 0.2) is 36.4 Å². The normalized spacial score (nSPS) is 11.8. The SMILES string of the molecule is C#CCOC(C(=C)C(=O)OC)c1ccc(C(C)C)cc1. The minimum absolute atomic E-state index is 0.104. The third-order valence-corrected chi connectivity index (χ3v) is 3.00. The van der Waals surface area contributed by atoms with E-state index in [0.717, 1.165) is 5.56 Å². The predicted molar refractivity (Wildman–Crippen MR) is 79.2 cm³/mol. The number of rotatable bonds is 6. The number of esters is 1. The largest absolute Gasteiger partial charge is 0.466 e. The van der Waals surface area contributed by atoms with Gasteiger partial charge in [-0.25, -0.2) is 4.79 Å². The number of hydrogen-bond donors (Lipinski definition) is 0. The minimum Gasteiger partial charge on any atom is -0.466 e. The fourth-order valence-corrected chi connectivity index (χ4v) is 1.82. The zero-order valence-electron chi connectivity index (χ0n) is 12.2. The Kier molecular flexibility index (Phi) is 6.02. The summed E-state index contributed by atoms with van der Waals surface area (Å²) in [4.78, 5) is 11.6. The van der Waals surface area contributed by atoms with Crippen molar-refractivity contribution in [2.45, 2.75) is 25.9 Å². The smallest absolute Gasteiger partial charge is 0.336 e. The van der Waals surface area contributed by atoms with E-state index < -0.39 is 12.1 Å². The molecule has 1 aromatic carbocycles. The molecule has 0 amide bonds. The summed E-state index contributed by atoms with van der Waals surface area (Å²) in [7, 11) is 1.31. The first kappa shape index (κ1) is 16.0. The summed E-state index contributed by atoms with van der Waals surface area (Å²) in [5.74, 6) is 2.34. The number of hydrogen-bond acceptors (Lipinski definition) is 3. The van der Waals surface area contributed by atoms with Gasteiger partial charge in [-0.1, -0.05) is 50.6 Å². The summed E-state index contributed by atoms with van der Waals surface area (Å²) in [6.45, 7) is 8.09. The molecule has 1 unspecified atom stereocenters. The number of terminal acetylenes is 1. The average Bonchev–Trinajstić information content (AvgIpc) is 2.47. The van der Waals surface area contributed by atoms with Crippen molar-refractivity contribution in [3.05, 3.63) is 47.5 Å². The van der Waals surface area contributed by atoms with E-state index in [1.54, 1.807) is 0 Å². The van der Waals surface area contributed by atoms with Gasteiger partial charge in [-0.2, -0.15) is 0 Å². The van der Waals surface area contributed by atoms with E-state index in [2.05, 4.69) is 31.1 Å². The van der Waals surface area contributed by atoms with Gasteiger partial charge in [-0.05, 0) is 17.0 Å². The van der Waals surface area contributed by atoms with Gasteiger partial charge in [0.15, 0.2) is 0 Å². The van der Waals surface area contributed by atoms with Crippen LogP contribution in [-0.4, -0.2) is 19.7 Å². The maximum Gasteiger partial charge on any atom is 0.336 e. The molecular formula is C17H20O3. The van der Waals surface area contributed by atoms with E-state index >= 15 is 0 Å². The molecule has 0 aliphatic carbocycles. The molecule has 0 radical (unpaired) electrons. The van der Waals surface area contributed by atoms with Gasteiger partial charge in [-0.15, -0.1) is 6.42 Å². The quantitative estimate of drug-likeness (QED) is 0.453. The maximum absolute atomic E-state index is 11.6. The van der Waals surface area contributed by atoms with Crippen LogP contribution < -0.4 is 0 Å². The standard InChI is InChI=1S/C17H20O3/c1-6-11-20-16(13(4)17(18)19-5)15-9-7-14(8-10-15)12(2)3/h1,7-10,12,16H,4,11H2,2-3,5H3. The lowest BCUT2D eigenvalue weighted by Gasteiger charge is -2.19. The van der Waals surface area contributed by atoms with Crippen molar-refractivity contribution in [3.8, 4) is 12.3 Å². The third-order valence-electron chi connectivity index (χ3n) is 3.00. The molecule has 0 aromatic heterocycles. The molecule has 20 heavy (non-hydrogen) atoms. The molecule has 0 bridgehead atoms. The average molecular weight is 272 g/mol. The van der Waals surface area contributed by atoms with E-state index in [-0.39, 0.29) is 12.2 Å². The van der Waals surface area contributed by atoms with Crippen LogP contribution in [0.25, 0.3) is 0 Å². The van der Waals surface area contributed by atoms with Crippen molar-refractivity contribution in [2.75, 3.05) is 13.7 Å². The van der Waals surface area contributed by atoms with Crippen LogP contribution in [0, 0.1) is 12.3 Å². The molecule has 1 rings (SSSR count). The second-order valence-corrected chi connectivity index (χ2v) is 4.73. The summed E-state index contributed by atoms with van der Waals surface area (Å²) >= 11 is 0. The van der Waals surface area contributed by atoms with Gasteiger partial charge in [-0.3, -0.25) is 0 Å². The van der Waals surface area contributed by atoms with E-state index in [1.165, 1.54) is 12.7 Å². The van der Waals surface area contributed by atoms with Crippen LogP contribution in [0.4, 0.5) is 0 Å². The minimum atomic E-state index is -0.584. The van der Waals surface area contributed by atoms with Gasteiger partial charge in [0.05, 0.1) is 12.7 Å². The second kappa shape index (κ2) is 7.52. The summed E-state index contributed by atoms with van der Waals surface area (Å²) < 4.78 is 10.2. The Labute approximate surface area is 120 Å². The van der Waals surface area contributed by atoms with Crippen LogP contribution in [0.5, 0.6) is 0 Å². The van der Waals surface area contributed by atoms with Gasteiger partial charge in [0, 0.05) is 0 Å². The van der Waals surface area contributed by atoms with E-state index in [1.807, 2.05) is 24.3 Å². The Hall–Kier alpha value is -2.05.